The highest BCUT2D eigenvalue weighted by Gasteiger charge is 2.78. The second-order valence-corrected chi connectivity index (χ2v) is 13.5. The van der Waals surface area contributed by atoms with Crippen molar-refractivity contribution in [3.8, 4) is 0 Å². The molecule has 2 heterocycles. The Morgan fingerprint density at radius 1 is 1.22 bits per heavy atom. The molecule has 0 spiro atoms. The van der Waals surface area contributed by atoms with Crippen LogP contribution in [0, 0.1) is 28.6 Å². The number of aromatic nitrogens is 1. The van der Waals surface area contributed by atoms with Gasteiger partial charge in [0.15, 0.2) is 22.7 Å². The molecule has 6 rings (SSSR count). The lowest BCUT2D eigenvalue weighted by atomic mass is 9.44. The van der Waals surface area contributed by atoms with E-state index in [0.29, 0.717) is 11.8 Å². The molecule has 1 N–H and O–H groups in total. The lowest BCUT2D eigenvalue weighted by Gasteiger charge is -2.63. The summed E-state index contributed by atoms with van der Waals surface area (Å²) in [4.78, 5) is 52.1. The van der Waals surface area contributed by atoms with E-state index in [4.69, 9.17) is 14.0 Å². The maximum Gasteiger partial charge on any atom is 0.361 e. The van der Waals surface area contributed by atoms with E-state index in [0.717, 1.165) is 6.08 Å². The van der Waals surface area contributed by atoms with E-state index in [9.17, 15) is 24.3 Å². The first-order valence-electron chi connectivity index (χ1n) is 13.8. The van der Waals surface area contributed by atoms with Crippen molar-refractivity contribution >= 4 is 34.6 Å². The van der Waals surface area contributed by atoms with Gasteiger partial charge in [0.2, 0.25) is 5.12 Å². The minimum Gasteiger partial charge on any atom is -0.465 e. The van der Waals surface area contributed by atoms with Crippen molar-refractivity contribution in [1.29, 1.82) is 0 Å². The van der Waals surface area contributed by atoms with Gasteiger partial charge in [-0.25, -0.2) is 13.6 Å². The Labute approximate surface area is 239 Å². The number of hydrogen-bond donors (Lipinski definition) is 1. The molecule has 12 heteroatoms. The van der Waals surface area contributed by atoms with E-state index >= 15 is 8.78 Å². The van der Waals surface area contributed by atoms with E-state index < -0.39 is 80.2 Å². The monoisotopic (exact) mass is 591 g/mol. The summed E-state index contributed by atoms with van der Waals surface area (Å²) in [5.74, 6) is -4.40. The summed E-state index contributed by atoms with van der Waals surface area (Å²) in [6.07, 6.45) is 1.37. The molecule has 0 amide bonds. The number of ether oxygens (including phenoxy) is 2. The predicted octanol–water partition coefficient (Wildman–Crippen LogP) is 3.71. The predicted molar refractivity (Wildman–Crippen MR) is 140 cm³/mol. The molecule has 5 aliphatic rings. The number of ketones is 1. The van der Waals surface area contributed by atoms with Gasteiger partial charge >= 0.3 is 11.9 Å². The van der Waals surface area contributed by atoms with Gasteiger partial charge in [-0.05, 0) is 49.8 Å². The summed E-state index contributed by atoms with van der Waals surface area (Å²) in [6, 6.07) is 1.28. The number of aliphatic hydroxyl groups excluding tert-OH is 1. The lowest BCUT2D eigenvalue weighted by molar-refractivity contribution is -0.221. The molecule has 1 aliphatic heterocycles. The number of esters is 2. The Balaban J connectivity index is 1.46. The quantitative estimate of drug-likeness (QED) is 0.517. The average molecular weight is 592 g/mol. The van der Waals surface area contributed by atoms with E-state index in [1.54, 1.807) is 13.8 Å². The van der Waals surface area contributed by atoms with Crippen LogP contribution < -0.4 is 0 Å². The average Bonchev–Trinajstić information content (AvgIpc) is 3.64. The molecule has 1 aromatic rings. The number of aliphatic hydroxyl groups is 1. The first-order valence-corrected chi connectivity index (χ1v) is 14.7. The summed E-state index contributed by atoms with van der Waals surface area (Å²) in [6.45, 7) is 5.03. The van der Waals surface area contributed by atoms with Gasteiger partial charge in [0, 0.05) is 35.2 Å². The molecular formula is C29H31F2NO8S. The molecule has 220 valence electrons. The van der Waals surface area contributed by atoms with Crippen LogP contribution in [0.15, 0.2) is 40.7 Å². The molecule has 0 aromatic carbocycles. The van der Waals surface area contributed by atoms with Gasteiger partial charge in [-0.15, -0.1) is 0 Å². The first kappa shape index (κ1) is 28.3. The van der Waals surface area contributed by atoms with Crippen LogP contribution in [0.1, 0.15) is 56.9 Å². The first-order chi connectivity index (χ1) is 19.3. The Bertz CT molecular complexity index is 1380. The summed E-state index contributed by atoms with van der Waals surface area (Å²) in [5, 5.41) is 13.9. The fourth-order valence-corrected chi connectivity index (χ4v) is 9.82. The molecule has 1 aromatic heterocycles. The molecule has 4 fully saturated rings. The molecule has 4 aliphatic carbocycles. The third-order valence-electron chi connectivity index (χ3n) is 10.5. The maximum atomic E-state index is 17.6. The van der Waals surface area contributed by atoms with Crippen LogP contribution in [0.3, 0.4) is 0 Å². The number of fused-ring (bicyclic) bond motifs is 5. The van der Waals surface area contributed by atoms with Crippen molar-refractivity contribution < 1.29 is 47.1 Å². The van der Waals surface area contributed by atoms with Crippen LogP contribution in [0.2, 0.25) is 0 Å². The second-order valence-electron chi connectivity index (χ2n) is 12.4. The number of alkyl halides is 2. The summed E-state index contributed by atoms with van der Waals surface area (Å²) in [7, 11) is 0. The zero-order valence-electron chi connectivity index (χ0n) is 22.8. The van der Waals surface area contributed by atoms with Crippen LogP contribution in [-0.4, -0.2) is 68.5 Å². The highest BCUT2D eigenvalue weighted by Crippen LogP contribution is 2.72. The lowest BCUT2D eigenvalue weighted by Crippen LogP contribution is -2.70. The smallest absolute Gasteiger partial charge is 0.361 e. The standard InChI is InChI=1S/C29H31F2NO8S/c1-14-10-16-17-12-19(30)18-11-15(33)4-7-26(18,2)28(17,31)22(34)13-27(16,3)29(14,40-23(35)20-5-9-39-32-20)25(37)41-21-6-8-38-24(21)36/h4-5,7,9,11,14,16-17,19,21-22,34H,6,8,10,12-13H2,1-3H3/t14-,16+,17+,19+,21+,22+,26+,27+,28+,29+/m1/s1. The van der Waals surface area contributed by atoms with Gasteiger partial charge in [0.1, 0.15) is 17.7 Å². The number of rotatable bonds is 4. The number of halogens is 2. The molecule has 0 bridgehead atoms. The fourth-order valence-electron chi connectivity index (χ4n) is 8.54. The van der Waals surface area contributed by atoms with Crippen molar-refractivity contribution in [1.82, 2.24) is 5.16 Å². The van der Waals surface area contributed by atoms with E-state index in [1.165, 1.54) is 31.4 Å². The molecule has 0 unspecified atom stereocenters. The Morgan fingerprint density at radius 3 is 2.63 bits per heavy atom. The fraction of sp³-hybridized carbons (Fsp3) is 0.621. The number of carbonyl (C=O) groups is 4. The molecular weight excluding hydrogens is 560 g/mol. The van der Waals surface area contributed by atoms with Crippen LogP contribution >= 0.6 is 11.8 Å². The minimum absolute atomic E-state index is 0.00690. The van der Waals surface area contributed by atoms with E-state index in [2.05, 4.69) is 5.16 Å². The zero-order chi connectivity index (χ0) is 29.5. The SMILES string of the molecule is C[C@@H]1C[C@H]2[C@@H]3C[C@H](F)C4=CC(=O)C=C[C@]4(C)[C@@]3(F)[C@@H](O)C[C@]2(C)[C@@]1(OC(=O)c1ccon1)C(=O)S[C@H]1CCOC1=O. The highest BCUT2D eigenvalue weighted by molar-refractivity contribution is 8.14. The third-order valence-corrected chi connectivity index (χ3v) is 11.7. The van der Waals surface area contributed by atoms with Crippen molar-refractivity contribution in [2.75, 3.05) is 6.61 Å². The Kier molecular flexibility index (Phi) is 6.43. The van der Waals surface area contributed by atoms with E-state index in [-0.39, 0.29) is 43.6 Å². The van der Waals surface area contributed by atoms with Gasteiger partial charge < -0.3 is 19.1 Å². The number of cyclic esters (lactones) is 1. The van der Waals surface area contributed by atoms with Crippen LogP contribution in [0.5, 0.6) is 0 Å². The van der Waals surface area contributed by atoms with Crippen molar-refractivity contribution in [2.24, 2.45) is 28.6 Å². The topological polar surface area (TPSA) is 133 Å². The van der Waals surface area contributed by atoms with Crippen molar-refractivity contribution in [3.05, 3.63) is 41.8 Å². The van der Waals surface area contributed by atoms with Crippen molar-refractivity contribution in [2.45, 2.75) is 75.2 Å². The normalized spacial score (nSPS) is 44.9. The molecule has 41 heavy (non-hydrogen) atoms. The Morgan fingerprint density at radius 2 is 1.98 bits per heavy atom. The molecule has 9 nitrogen and oxygen atoms in total. The molecule has 3 saturated carbocycles. The summed E-state index contributed by atoms with van der Waals surface area (Å²) >= 11 is 0.715. The third kappa shape index (κ3) is 3.65. The number of allylic oxidation sites excluding steroid dienone is 4. The second kappa shape index (κ2) is 9.32. The molecule has 0 radical (unpaired) electrons. The Hall–Kier alpha value is -2.86. The number of carbonyl (C=O) groups excluding carboxylic acids is 4. The van der Waals surface area contributed by atoms with Gasteiger partial charge in [0.25, 0.3) is 0 Å². The molecule has 10 atom stereocenters. The van der Waals surface area contributed by atoms with Gasteiger partial charge in [-0.2, -0.15) is 0 Å². The number of nitrogens with zero attached hydrogens (tertiary/aromatic N) is 1. The van der Waals surface area contributed by atoms with Gasteiger partial charge in [-0.1, -0.05) is 36.8 Å². The van der Waals surface area contributed by atoms with Crippen LogP contribution in [0.25, 0.3) is 0 Å². The maximum absolute atomic E-state index is 17.6. The van der Waals surface area contributed by atoms with Gasteiger partial charge in [-0.3, -0.25) is 14.4 Å². The van der Waals surface area contributed by atoms with Gasteiger partial charge in [0.05, 0.1) is 12.7 Å². The van der Waals surface area contributed by atoms with Crippen LogP contribution in [0.4, 0.5) is 8.78 Å². The highest BCUT2D eigenvalue weighted by atomic mass is 32.2. The van der Waals surface area contributed by atoms with Crippen molar-refractivity contribution in [3.63, 3.8) is 0 Å². The molecule has 1 saturated heterocycles. The number of thioether (sulfide) groups is 1. The minimum atomic E-state index is -2.36. The van der Waals surface area contributed by atoms with Crippen LogP contribution in [-0.2, 0) is 23.9 Å². The zero-order valence-corrected chi connectivity index (χ0v) is 23.6. The largest absolute Gasteiger partial charge is 0.465 e. The summed E-state index contributed by atoms with van der Waals surface area (Å²) in [5.41, 5.74) is -7.40. The van der Waals surface area contributed by atoms with E-state index in [1.807, 2.05) is 0 Å². The number of hydrogen-bond acceptors (Lipinski definition) is 10. The summed E-state index contributed by atoms with van der Waals surface area (Å²) < 4.78 is 49.3.